The second kappa shape index (κ2) is 10.6. The fraction of sp³-hybridized carbons (Fsp3) is 0. The number of para-hydroxylation sites is 5. The highest BCUT2D eigenvalue weighted by Crippen LogP contribution is 2.46. The summed E-state index contributed by atoms with van der Waals surface area (Å²) in [6.45, 7) is 0. The summed E-state index contributed by atoms with van der Waals surface area (Å²) in [6, 6.07) is 59.5. The Morgan fingerprint density at radius 3 is 1.64 bits per heavy atom. The van der Waals surface area contributed by atoms with Crippen LogP contribution in [0.15, 0.2) is 179 Å². The smallest absolute Gasteiger partial charge is 0.152 e. The van der Waals surface area contributed by atoms with E-state index in [2.05, 4.69) is 143 Å². The second-order valence-corrected chi connectivity index (χ2v) is 13.7. The Kier molecular flexibility index (Phi) is 5.71. The van der Waals surface area contributed by atoms with Crippen LogP contribution in [0, 0.1) is 0 Å². The largest absolute Gasteiger partial charge is 0.456 e. The van der Waals surface area contributed by atoms with Crippen molar-refractivity contribution in [3.05, 3.63) is 170 Å². The number of anilines is 3. The van der Waals surface area contributed by atoms with Crippen molar-refractivity contribution in [1.29, 1.82) is 0 Å². The van der Waals surface area contributed by atoms with E-state index in [0.717, 1.165) is 100 Å². The summed E-state index contributed by atoms with van der Waals surface area (Å²) in [5.74, 6) is 1.74. The Hall–Kier alpha value is -7.24. The van der Waals surface area contributed by atoms with Crippen LogP contribution >= 0.6 is 0 Å². The fourth-order valence-corrected chi connectivity index (χ4v) is 8.35. The SMILES string of the molecule is c1ccc2c(c1)Oc1cccc3c4ccc(-c5ccc(N(c6ccc7c(c6)oc6ccccc67)c6ccc7c(c6)oc6ccccc67)cc5)cc4n-2c13. The minimum Gasteiger partial charge on any atom is -0.456 e. The first-order valence-electron chi connectivity index (χ1n) is 17.8. The Labute approximate surface area is 303 Å². The van der Waals surface area contributed by atoms with Gasteiger partial charge in [0.15, 0.2) is 11.5 Å². The Balaban J connectivity index is 1.01. The molecule has 0 unspecified atom stereocenters. The van der Waals surface area contributed by atoms with Crippen molar-refractivity contribution in [1.82, 2.24) is 4.57 Å². The van der Waals surface area contributed by atoms with Crippen molar-refractivity contribution >= 4 is 82.7 Å². The molecular formula is C48H28N2O3. The van der Waals surface area contributed by atoms with E-state index in [4.69, 9.17) is 13.6 Å². The molecule has 0 atom stereocenters. The van der Waals surface area contributed by atoms with E-state index < -0.39 is 0 Å². The third-order valence-corrected chi connectivity index (χ3v) is 10.8. The van der Waals surface area contributed by atoms with E-state index in [-0.39, 0.29) is 0 Å². The minimum atomic E-state index is 0.849. The maximum absolute atomic E-state index is 6.36. The summed E-state index contributed by atoms with van der Waals surface area (Å²) in [7, 11) is 0. The van der Waals surface area contributed by atoms with Crippen LogP contribution in [0.5, 0.6) is 11.5 Å². The summed E-state index contributed by atoms with van der Waals surface area (Å²) >= 11 is 0. The molecule has 0 fully saturated rings. The van der Waals surface area contributed by atoms with Gasteiger partial charge in [-0.25, -0.2) is 0 Å². The van der Waals surface area contributed by atoms with E-state index in [1.807, 2.05) is 36.4 Å². The molecule has 0 saturated carbocycles. The van der Waals surface area contributed by atoms with E-state index in [0.29, 0.717) is 0 Å². The van der Waals surface area contributed by atoms with Gasteiger partial charge in [-0.15, -0.1) is 0 Å². The lowest BCUT2D eigenvalue weighted by atomic mass is 10.0. The van der Waals surface area contributed by atoms with Gasteiger partial charge >= 0.3 is 0 Å². The number of fused-ring (bicyclic) bond motifs is 11. The molecular weight excluding hydrogens is 653 g/mol. The summed E-state index contributed by atoms with van der Waals surface area (Å²) in [5.41, 5.74) is 12.1. The highest BCUT2D eigenvalue weighted by molar-refractivity contribution is 6.13. The molecule has 5 nitrogen and oxygen atoms in total. The topological polar surface area (TPSA) is 43.7 Å². The maximum Gasteiger partial charge on any atom is 0.152 e. The monoisotopic (exact) mass is 680 g/mol. The van der Waals surface area contributed by atoms with E-state index in [1.165, 1.54) is 10.8 Å². The molecule has 3 aromatic heterocycles. The molecule has 8 aromatic carbocycles. The number of rotatable bonds is 4. The summed E-state index contributed by atoms with van der Waals surface area (Å²) in [4.78, 5) is 2.27. The zero-order valence-corrected chi connectivity index (χ0v) is 28.3. The molecule has 0 saturated heterocycles. The predicted octanol–water partition coefficient (Wildman–Crippen LogP) is 13.8. The second-order valence-electron chi connectivity index (χ2n) is 13.7. The Bertz CT molecular complexity index is 3160. The predicted molar refractivity (Wildman–Crippen MR) is 216 cm³/mol. The standard InChI is InChI=1S/C48H28N2O3/c1-4-12-42-35(8-1)37-24-21-32(27-46(37)51-42)49(33-22-25-38-36-9-2-5-13-43(36)52-47(38)28-33)31-19-16-29(17-20-31)30-18-23-34-39-10-7-15-45-48(39)50(41(34)26-30)40-11-3-6-14-44(40)53-45/h1-28H. The van der Waals surface area contributed by atoms with Crippen LogP contribution < -0.4 is 9.64 Å². The number of hydrogen-bond donors (Lipinski definition) is 0. The molecule has 1 aliphatic rings. The number of benzene rings is 8. The van der Waals surface area contributed by atoms with Gasteiger partial charge in [-0.3, -0.25) is 0 Å². The third-order valence-electron chi connectivity index (χ3n) is 10.8. The zero-order valence-electron chi connectivity index (χ0n) is 28.3. The van der Waals surface area contributed by atoms with Crippen LogP contribution in [0.2, 0.25) is 0 Å². The molecule has 11 aromatic rings. The number of furan rings is 2. The first-order valence-corrected chi connectivity index (χ1v) is 17.8. The van der Waals surface area contributed by atoms with Gasteiger partial charge < -0.3 is 23.0 Å². The minimum absolute atomic E-state index is 0.849. The van der Waals surface area contributed by atoms with Crippen LogP contribution in [0.4, 0.5) is 17.1 Å². The summed E-state index contributed by atoms with van der Waals surface area (Å²) in [6.07, 6.45) is 0. The average molecular weight is 681 g/mol. The third kappa shape index (κ3) is 4.13. The first kappa shape index (κ1) is 28.5. The number of nitrogens with zero attached hydrogens (tertiary/aromatic N) is 2. The lowest BCUT2D eigenvalue weighted by Crippen LogP contribution is -2.09. The first-order chi connectivity index (χ1) is 26.2. The normalized spacial score (nSPS) is 12.3. The van der Waals surface area contributed by atoms with Crippen molar-refractivity contribution in [2.45, 2.75) is 0 Å². The molecule has 5 heteroatoms. The molecule has 12 rings (SSSR count). The van der Waals surface area contributed by atoms with Crippen LogP contribution in [-0.2, 0) is 0 Å². The highest BCUT2D eigenvalue weighted by atomic mass is 16.5. The quantitative estimate of drug-likeness (QED) is 0.186. The van der Waals surface area contributed by atoms with E-state index >= 15 is 0 Å². The van der Waals surface area contributed by atoms with Gasteiger partial charge in [0.25, 0.3) is 0 Å². The molecule has 0 N–H and O–H groups in total. The Morgan fingerprint density at radius 1 is 0.377 bits per heavy atom. The molecule has 4 heterocycles. The van der Waals surface area contributed by atoms with Crippen LogP contribution in [0.25, 0.3) is 82.5 Å². The van der Waals surface area contributed by atoms with Gasteiger partial charge in [0.1, 0.15) is 22.3 Å². The van der Waals surface area contributed by atoms with Gasteiger partial charge in [0, 0.05) is 61.5 Å². The van der Waals surface area contributed by atoms with Crippen molar-refractivity contribution in [3.63, 3.8) is 0 Å². The van der Waals surface area contributed by atoms with Gasteiger partial charge in [0.2, 0.25) is 0 Å². The van der Waals surface area contributed by atoms with Gasteiger partial charge in [-0.1, -0.05) is 84.9 Å². The van der Waals surface area contributed by atoms with E-state index in [9.17, 15) is 0 Å². The molecule has 0 radical (unpaired) electrons. The molecule has 0 amide bonds. The van der Waals surface area contributed by atoms with Crippen LogP contribution in [0.3, 0.4) is 0 Å². The van der Waals surface area contributed by atoms with Gasteiger partial charge in [-0.2, -0.15) is 0 Å². The zero-order chi connectivity index (χ0) is 34.6. The summed E-state index contributed by atoms with van der Waals surface area (Å²) < 4.78 is 21.4. The van der Waals surface area contributed by atoms with E-state index in [1.54, 1.807) is 0 Å². The molecule has 248 valence electrons. The number of aromatic nitrogens is 1. The Morgan fingerprint density at radius 2 is 0.925 bits per heavy atom. The van der Waals surface area contributed by atoms with Crippen molar-refractivity contribution in [2.24, 2.45) is 0 Å². The molecule has 53 heavy (non-hydrogen) atoms. The number of hydrogen-bond acceptors (Lipinski definition) is 4. The fourth-order valence-electron chi connectivity index (χ4n) is 8.35. The van der Waals surface area contributed by atoms with Gasteiger partial charge in [-0.05, 0) is 83.9 Å². The van der Waals surface area contributed by atoms with Crippen LogP contribution in [-0.4, -0.2) is 4.57 Å². The maximum atomic E-state index is 6.36. The van der Waals surface area contributed by atoms with Crippen molar-refractivity contribution < 1.29 is 13.6 Å². The average Bonchev–Trinajstić information content (AvgIpc) is 3.88. The molecule has 0 spiro atoms. The summed E-state index contributed by atoms with van der Waals surface area (Å²) in [5, 5.41) is 6.82. The van der Waals surface area contributed by atoms with Crippen molar-refractivity contribution in [3.8, 4) is 28.3 Å². The lowest BCUT2D eigenvalue weighted by molar-refractivity contribution is 0.476. The number of ether oxygens (including phenoxy) is 1. The highest BCUT2D eigenvalue weighted by Gasteiger charge is 2.24. The lowest BCUT2D eigenvalue weighted by Gasteiger charge is -2.25. The molecule has 1 aliphatic heterocycles. The van der Waals surface area contributed by atoms with Crippen LogP contribution in [0.1, 0.15) is 0 Å². The van der Waals surface area contributed by atoms with Gasteiger partial charge in [0.05, 0.1) is 16.7 Å². The van der Waals surface area contributed by atoms with Crippen molar-refractivity contribution in [2.75, 3.05) is 4.90 Å². The molecule has 0 bridgehead atoms. The molecule has 0 aliphatic carbocycles.